The van der Waals surface area contributed by atoms with Gasteiger partial charge in [-0.25, -0.2) is 8.78 Å². The van der Waals surface area contributed by atoms with Crippen molar-refractivity contribution in [3.05, 3.63) is 35.4 Å². The number of nitrogen functional groups attached to an aromatic ring is 1. The largest absolute Gasteiger partial charge is 0.398 e. The van der Waals surface area contributed by atoms with E-state index in [0.29, 0.717) is 11.3 Å². The molecule has 0 aliphatic heterocycles. The number of hydrogen-bond acceptors (Lipinski definition) is 3. The molecule has 0 aromatic heterocycles. The summed E-state index contributed by atoms with van der Waals surface area (Å²) < 4.78 is 25.6. The lowest BCUT2D eigenvalue weighted by Crippen LogP contribution is -1.94. The maximum Gasteiger partial charge on any atom is 0.186 e. The van der Waals surface area contributed by atoms with Crippen molar-refractivity contribution < 1.29 is 13.6 Å². The topological polar surface area (TPSA) is 43.1 Å². The molecule has 1 aromatic rings. The summed E-state index contributed by atoms with van der Waals surface area (Å²) in [4.78, 5) is 10.6. The van der Waals surface area contributed by atoms with E-state index in [1.807, 2.05) is 0 Å². The van der Waals surface area contributed by atoms with E-state index >= 15 is 0 Å². The molecule has 1 rings (SSSR count). The summed E-state index contributed by atoms with van der Waals surface area (Å²) in [5, 5.41) is 0.00269. The monoisotopic (exact) mass is 243 g/mol. The molecule has 2 nitrogen and oxygen atoms in total. The minimum absolute atomic E-state index is 0.00269. The van der Waals surface area contributed by atoms with Gasteiger partial charge in [-0.05, 0) is 6.07 Å². The first-order chi connectivity index (χ1) is 7.50. The number of nitrogens with two attached hydrogens (primary N) is 1. The fourth-order valence-electron chi connectivity index (χ4n) is 1.06. The molecule has 0 spiro atoms. The Morgan fingerprint density at radius 3 is 2.69 bits per heavy atom. The van der Waals surface area contributed by atoms with Crippen molar-refractivity contribution in [1.82, 2.24) is 0 Å². The van der Waals surface area contributed by atoms with Crippen LogP contribution in [0.3, 0.4) is 0 Å². The standard InChI is InChI=1S/C11H11F2NOS/c1-7(15)16-4-2-3-8-5-9(12)10(13)6-11(8)14/h2-3,5-6H,4,14H2,1H3. The van der Waals surface area contributed by atoms with Crippen LogP contribution >= 0.6 is 11.8 Å². The van der Waals surface area contributed by atoms with Crippen LogP contribution in [-0.4, -0.2) is 10.9 Å². The van der Waals surface area contributed by atoms with Crippen molar-refractivity contribution >= 4 is 28.6 Å². The predicted octanol–water partition coefficient (Wildman–Crippen LogP) is 2.84. The number of carbonyl (C=O) groups excluding carboxylic acids is 1. The van der Waals surface area contributed by atoms with E-state index in [-0.39, 0.29) is 10.8 Å². The molecule has 16 heavy (non-hydrogen) atoms. The van der Waals surface area contributed by atoms with Gasteiger partial charge in [-0.1, -0.05) is 23.9 Å². The van der Waals surface area contributed by atoms with E-state index in [1.165, 1.54) is 6.92 Å². The van der Waals surface area contributed by atoms with Gasteiger partial charge < -0.3 is 5.73 Å². The van der Waals surface area contributed by atoms with Crippen molar-refractivity contribution in [3.63, 3.8) is 0 Å². The second-order valence-electron chi connectivity index (χ2n) is 3.10. The van der Waals surface area contributed by atoms with Gasteiger partial charge >= 0.3 is 0 Å². The maximum absolute atomic E-state index is 12.9. The number of thioether (sulfide) groups is 1. The molecule has 0 saturated heterocycles. The average Bonchev–Trinajstić information content (AvgIpc) is 2.19. The van der Waals surface area contributed by atoms with Gasteiger partial charge in [0.15, 0.2) is 16.7 Å². The van der Waals surface area contributed by atoms with Crippen LogP contribution in [0.4, 0.5) is 14.5 Å². The van der Waals surface area contributed by atoms with Gasteiger partial charge in [-0.2, -0.15) is 0 Å². The molecule has 0 radical (unpaired) electrons. The molecule has 0 heterocycles. The highest BCUT2D eigenvalue weighted by molar-refractivity contribution is 8.13. The molecule has 0 atom stereocenters. The third kappa shape index (κ3) is 3.66. The molecule has 0 fully saturated rings. The predicted molar refractivity (Wildman–Crippen MR) is 62.9 cm³/mol. The Morgan fingerprint density at radius 1 is 1.44 bits per heavy atom. The zero-order chi connectivity index (χ0) is 12.1. The summed E-state index contributed by atoms with van der Waals surface area (Å²) in [5.41, 5.74) is 6.08. The summed E-state index contributed by atoms with van der Waals surface area (Å²) in [7, 11) is 0. The van der Waals surface area contributed by atoms with Crippen molar-refractivity contribution in [1.29, 1.82) is 0 Å². The van der Waals surface area contributed by atoms with Crippen molar-refractivity contribution in [2.75, 3.05) is 11.5 Å². The zero-order valence-electron chi connectivity index (χ0n) is 8.67. The quantitative estimate of drug-likeness (QED) is 0.830. The summed E-state index contributed by atoms with van der Waals surface area (Å²) in [5.74, 6) is -1.42. The van der Waals surface area contributed by atoms with Gasteiger partial charge in [0.1, 0.15) is 0 Å². The van der Waals surface area contributed by atoms with Crippen LogP contribution in [0.5, 0.6) is 0 Å². The highest BCUT2D eigenvalue weighted by Crippen LogP contribution is 2.18. The third-order valence-corrected chi connectivity index (χ3v) is 2.57. The van der Waals surface area contributed by atoms with Gasteiger partial charge in [-0.15, -0.1) is 0 Å². The second-order valence-corrected chi connectivity index (χ2v) is 4.30. The van der Waals surface area contributed by atoms with Gasteiger partial charge in [0.2, 0.25) is 0 Å². The molecule has 0 amide bonds. The fraction of sp³-hybridized carbons (Fsp3) is 0.182. The smallest absolute Gasteiger partial charge is 0.186 e. The highest BCUT2D eigenvalue weighted by Gasteiger charge is 2.04. The first kappa shape index (κ1) is 12.7. The molecule has 1 aromatic carbocycles. The Labute approximate surface area is 96.5 Å². The number of carbonyl (C=O) groups is 1. The fourth-order valence-corrected chi connectivity index (χ4v) is 1.49. The Bertz CT molecular complexity index is 432. The molecule has 2 N–H and O–H groups in total. The highest BCUT2D eigenvalue weighted by atomic mass is 32.2. The van der Waals surface area contributed by atoms with Crippen LogP contribution in [0, 0.1) is 11.6 Å². The zero-order valence-corrected chi connectivity index (χ0v) is 9.48. The first-order valence-corrected chi connectivity index (χ1v) is 5.53. The molecule has 0 bridgehead atoms. The lowest BCUT2D eigenvalue weighted by Gasteiger charge is -2.01. The van der Waals surface area contributed by atoms with Gasteiger partial charge in [0, 0.05) is 30.0 Å². The van der Waals surface area contributed by atoms with E-state index in [0.717, 1.165) is 23.9 Å². The van der Waals surface area contributed by atoms with Crippen LogP contribution in [0.1, 0.15) is 12.5 Å². The Kier molecular flexibility index (Phi) is 4.49. The number of anilines is 1. The number of rotatable bonds is 3. The molecular formula is C11H11F2NOS. The van der Waals surface area contributed by atoms with Crippen LogP contribution < -0.4 is 5.73 Å². The lowest BCUT2D eigenvalue weighted by atomic mass is 10.1. The van der Waals surface area contributed by atoms with E-state index in [9.17, 15) is 13.6 Å². The van der Waals surface area contributed by atoms with E-state index in [2.05, 4.69) is 0 Å². The minimum Gasteiger partial charge on any atom is -0.398 e. The SMILES string of the molecule is CC(=O)SCC=Cc1cc(F)c(F)cc1N. The van der Waals surface area contributed by atoms with Crippen molar-refractivity contribution in [2.45, 2.75) is 6.92 Å². The molecular weight excluding hydrogens is 232 g/mol. The maximum atomic E-state index is 12.9. The number of benzene rings is 1. The molecule has 0 aliphatic rings. The minimum atomic E-state index is -0.965. The van der Waals surface area contributed by atoms with Gasteiger partial charge in [-0.3, -0.25) is 4.79 Å². The Balaban J connectivity index is 2.73. The van der Waals surface area contributed by atoms with Crippen molar-refractivity contribution in [2.24, 2.45) is 0 Å². The van der Waals surface area contributed by atoms with Gasteiger partial charge in [0.25, 0.3) is 0 Å². The van der Waals surface area contributed by atoms with E-state index in [4.69, 9.17) is 5.73 Å². The Morgan fingerprint density at radius 2 is 2.06 bits per heavy atom. The van der Waals surface area contributed by atoms with Crippen molar-refractivity contribution in [3.8, 4) is 0 Å². The normalized spacial score (nSPS) is 10.9. The van der Waals surface area contributed by atoms with E-state index in [1.54, 1.807) is 12.2 Å². The van der Waals surface area contributed by atoms with Gasteiger partial charge in [0.05, 0.1) is 0 Å². The summed E-state index contributed by atoms with van der Waals surface area (Å²) in [6, 6.07) is 1.97. The first-order valence-electron chi connectivity index (χ1n) is 4.55. The average molecular weight is 243 g/mol. The number of hydrogen-bond donors (Lipinski definition) is 1. The molecule has 0 unspecified atom stereocenters. The van der Waals surface area contributed by atoms with Crippen LogP contribution in [0.15, 0.2) is 18.2 Å². The third-order valence-electron chi connectivity index (χ3n) is 1.81. The lowest BCUT2D eigenvalue weighted by molar-refractivity contribution is -0.109. The summed E-state index contributed by atoms with van der Waals surface area (Å²) in [6.45, 7) is 1.46. The molecule has 5 heteroatoms. The molecule has 86 valence electrons. The molecule has 0 saturated carbocycles. The van der Waals surface area contributed by atoms with Crippen LogP contribution in [-0.2, 0) is 4.79 Å². The Hall–Kier alpha value is -1.36. The summed E-state index contributed by atoms with van der Waals surface area (Å²) >= 11 is 1.13. The number of halogens is 2. The van der Waals surface area contributed by atoms with Crippen LogP contribution in [0.25, 0.3) is 6.08 Å². The van der Waals surface area contributed by atoms with Crippen LogP contribution in [0.2, 0.25) is 0 Å². The summed E-state index contributed by atoms with van der Waals surface area (Å²) in [6.07, 6.45) is 3.24. The van der Waals surface area contributed by atoms with E-state index < -0.39 is 11.6 Å². The second kappa shape index (κ2) is 5.65. The molecule has 0 aliphatic carbocycles.